The summed E-state index contributed by atoms with van der Waals surface area (Å²) in [6.07, 6.45) is 2.84. The molecule has 0 bridgehead atoms. The van der Waals surface area contributed by atoms with Gasteiger partial charge in [-0.15, -0.1) is 0 Å². The average molecular weight is 206 g/mol. The standard InChI is InChI=1S/C11H11FN2O/c12-9-3-4-10(14-6-9)7-13-8-11-2-1-5-15-11/h1-6,13H,7-8H2. The van der Waals surface area contributed by atoms with Crippen LogP contribution >= 0.6 is 0 Å². The van der Waals surface area contributed by atoms with E-state index >= 15 is 0 Å². The highest BCUT2D eigenvalue weighted by atomic mass is 19.1. The maximum atomic E-state index is 12.5. The second-order valence-electron chi connectivity index (χ2n) is 3.15. The number of nitrogens with zero attached hydrogens (tertiary/aromatic N) is 1. The molecule has 2 heterocycles. The Hall–Kier alpha value is -1.68. The molecule has 2 aromatic heterocycles. The van der Waals surface area contributed by atoms with Gasteiger partial charge in [0.05, 0.1) is 24.7 Å². The fourth-order valence-electron chi connectivity index (χ4n) is 1.24. The van der Waals surface area contributed by atoms with Crippen molar-refractivity contribution in [2.24, 2.45) is 0 Å². The number of halogens is 1. The molecule has 15 heavy (non-hydrogen) atoms. The van der Waals surface area contributed by atoms with Crippen LogP contribution in [-0.4, -0.2) is 4.98 Å². The fraction of sp³-hybridized carbons (Fsp3) is 0.182. The minimum absolute atomic E-state index is 0.315. The van der Waals surface area contributed by atoms with Gasteiger partial charge in [0.1, 0.15) is 11.6 Å². The molecule has 3 nitrogen and oxygen atoms in total. The van der Waals surface area contributed by atoms with Gasteiger partial charge in [0.2, 0.25) is 0 Å². The molecule has 0 radical (unpaired) electrons. The third-order valence-electron chi connectivity index (χ3n) is 1.97. The molecule has 0 aliphatic heterocycles. The lowest BCUT2D eigenvalue weighted by Crippen LogP contribution is -2.13. The molecule has 0 spiro atoms. The smallest absolute Gasteiger partial charge is 0.141 e. The molecule has 0 atom stereocenters. The molecule has 0 saturated heterocycles. The number of hydrogen-bond donors (Lipinski definition) is 1. The maximum absolute atomic E-state index is 12.5. The van der Waals surface area contributed by atoms with Crippen LogP contribution in [0.15, 0.2) is 41.1 Å². The van der Waals surface area contributed by atoms with Gasteiger partial charge in [0, 0.05) is 6.54 Å². The molecule has 0 amide bonds. The van der Waals surface area contributed by atoms with E-state index in [0.29, 0.717) is 13.1 Å². The highest BCUT2D eigenvalue weighted by Crippen LogP contribution is 2.01. The fourth-order valence-corrected chi connectivity index (χ4v) is 1.24. The normalized spacial score (nSPS) is 10.5. The summed E-state index contributed by atoms with van der Waals surface area (Å²) in [5.41, 5.74) is 0.808. The van der Waals surface area contributed by atoms with Crippen LogP contribution in [-0.2, 0) is 13.1 Å². The molecule has 0 aliphatic rings. The van der Waals surface area contributed by atoms with Crippen molar-refractivity contribution in [2.75, 3.05) is 0 Å². The quantitative estimate of drug-likeness (QED) is 0.832. The molecule has 2 rings (SSSR count). The molecular formula is C11H11FN2O. The van der Waals surface area contributed by atoms with E-state index in [-0.39, 0.29) is 5.82 Å². The van der Waals surface area contributed by atoms with Crippen LogP contribution in [0, 0.1) is 5.82 Å². The first-order valence-electron chi connectivity index (χ1n) is 4.68. The third-order valence-corrected chi connectivity index (χ3v) is 1.97. The Balaban J connectivity index is 1.81. The van der Waals surface area contributed by atoms with Gasteiger partial charge >= 0.3 is 0 Å². The van der Waals surface area contributed by atoms with Gasteiger partial charge in [-0.2, -0.15) is 0 Å². The summed E-state index contributed by atoms with van der Waals surface area (Å²) >= 11 is 0. The van der Waals surface area contributed by atoms with Crippen molar-refractivity contribution in [1.82, 2.24) is 10.3 Å². The van der Waals surface area contributed by atoms with Gasteiger partial charge in [-0.3, -0.25) is 4.98 Å². The highest BCUT2D eigenvalue weighted by molar-refractivity contribution is 5.05. The second-order valence-corrected chi connectivity index (χ2v) is 3.15. The van der Waals surface area contributed by atoms with Crippen molar-refractivity contribution >= 4 is 0 Å². The SMILES string of the molecule is Fc1ccc(CNCc2ccco2)nc1. The molecule has 0 saturated carbocycles. The first-order chi connectivity index (χ1) is 7.34. The topological polar surface area (TPSA) is 38.1 Å². The van der Waals surface area contributed by atoms with Crippen molar-refractivity contribution in [2.45, 2.75) is 13.1 Å². The maximum Gasteiger partial charge on any atom is 0.141 e. The largest absolute Gasteiger partial charge is 0.468 e. The van der Waals surface area contributed by atoms with Gasteiger partial charge in [0.15, 0.2) is 0 Å². The molecular weight excluding hydrogens is 195 g/mol. The van der Waals surface area contributed by atoms with Crippen molar-refractivity contribution in [1.29, 1.82) is 0 Å². The summed E-state index contributed by atoms with van der Waals surface area (Å²) in [6.45, 7) is 1.24. The van der Waals surface area contributed by atoms with Crippen LogP contribution in [0.3, 0.4) is 0 Å². The lowest BCUT2D eigenvalue weighted by atomic mass is 10.3. The zero-order chi connectivity index (χ0) is 10.5. The van der Waals surface area contributed by atoms with E-state index in [4.69, 9.17) is 4.42 Å². The Bertz CT molecular complexity index is 397. The Labute approximate surface area is 86.9 Å². The predicted molar refractivity (Wildman–Crippen MR) is 53.4 cm³/mol. The van der Waals surface area contributed by atoms with E-state index in [2.05, 4.69) is 10.3 Å². The van der Waals surface area contributed by atoms with Crippen LogP contribution < -0.4 is 5.32 Å². The minimum atomic E-state index is -0.315. The highest BCUT2D eigenvalue weighted by Gasteiger charge is 1.97. The average Bonchev–Trinajstić information content (AvgIpc) is 2.74. The summed E-state index contributed by atoms with van der Waals surface area (Å²) in [4.78, 5) is 3.93. The molecule has 0 aliphatic carbocycles. The summed E-state index contributed by atoms with van der Waals surface area (Å²) in [5, 5.41) is 3.14. The molecule has 0 aromatic carbocycles. The Kier molecular flexibility index (Phi) is 3.09. The van der Waals surface area contributed by atoms with Gasteiger partial charge in [-0.1, -0.05) is 0 Å². The minimum Gasteiger partial charge on any atom is -0.468 e. The lowest BCUT2D eigenvalue weighted by Gasteiger charge is -2.01. The monoisotopic (exact) mass is 206 g/mol. The third kappa shape index (κ3) is 2.89. The zero-order valence-corrected chi connectivity index (χ0v) is 8.11. The van der Waals surface area contributed by atoms with E-state index in [1.165, 1.54) is 12.3 Å². The number of furan rings is 1. The number of rotatable bonds is 4. The van der Waals surface area contributed by atoms with Crippen LogP contribution in [0.25, 0.3) is 0 Å². The van der Waals surface area contributed by atoms with Crippen LogP contribution in [0.2, 0.25) is 0 Å². The molecule has 0 unspecified atom stereocenters. The predicted octanol–water partition coefficient (Wildman–Crippen LogP) is 2.10. The van der Waals surface area contributed by atoms with Gasteiger partial charge in [-0.25, -0.2) is 4.39 Å². The molecule has 4 heteroatoms. The zero-order valence-electron chi connectivity index (χ0n) is 8.11. The molecule has 2 aromatic rings. The van der Waals surface area contributed by atoms with Crippen molar-refractivity contribution in [3.8, 4) is 0 Å². The molecule has 0 fully saturated rings. The Morgan fingerprint density at radius 3 is 2.87 bits per heavy atom. The van der Waals surface area contributed by atoms with E-state index in [1.807, 2.05) is 12.1 Å². The number of pyridine rings is 1. The number of hydrogen-bond acceptors (Lipinski definition) is 3. The van der Waals surface area contributed by atoms with Crippen molar-refractivity contribution < 1.29 is 8.81 Å². The van der Waals surface area contributed by atoms with Crippen LogP contribution in [0.4, 0.5) is 4.39 Å². The lowest BCUT2D eigenvalue weighted by molar-refractivity contribution is 0.481. The van der Waals surface area contributed by atoms with Crippen molar-refractivity contribution in [3.05, 3.63) is 54.0 Å². The van der Waals surface area contributed by atoms with Crippen LogP contribution in [0.5, 0.6) is 0 Å². The van der Waals surface area contributed by atoms with Gasteiger partial charge in [-0.05, 0) is 24.3 Å². The van der Waals surface area contributed by atoms with Crippen LogP contribution in [0.1, 0.15) is 11.5 Å². The Morgan fingerprint density at radius 1 is 1.27 bits per heavy atom. The summed E-state index contributed by atoms with van der Waals surface area (Å²) in [6, 6.07) is 6.79. The number of aromatic nitrogens is 1. The van der Waals surface area contributed by atoms with E-state index in [0.717, 1.165) is 11.5 Å². The first-order valence-corrected chi connectivity index (χ1v) is 4.68. The second kappa shape index (κ2) is 4.70. The summed E-state index contributed by atoms with van der Waals surface area (Å²) in [5.74, 6) is 0.557. The summed E-state index contributed by atoms with van der Waals surface area (Å²) in [7, 11) is 0. The van der Waals surface area contributed by atoms with Gasteiger partial charge < -0.3 is 9.73 Å². The van der Waals surface area contributed by atoms with E-state index < -0.39 is 0 Å². The van der Waals surface area contributed by atoms with E-state index in [1.54, 1.807) is 12.3 Å². The van der Waals surface area contributed by atoms with Gasteiger partial charge in [0.25, 0.3) is 0 Å². The number of nitrogens with one attached hydrogen (secondary N) is 1. The Morgan fingerprint density at radius 2 is 2.20 bits per heavy atom. The first kappa shape index (κ1) is 9.86. The molecule has 78 valence electrons. The molecule has 1 N–H and O–H groups in total. The van der Waals surface area contributed by atoms with Crippen molar-refractivity contribution in [3.63, 3.8) is 0 Å². The summed E-state index contributed by atoms with van der Waals surface area (Å²) < 4.78 is 17.7. The van der Waals surface area contributed by atoms with E-state index in [9.17, 15) is 4.39 Å².